The fourth-order valence-corrected chi connectivity index (χ4v) is 3.36. The quantitative estimate of drug-likeness (QED) is 0.925. The van der Waals surface area contributed by atoms with Crippen LogP contribution in [0.5, 0.6) is 0 Å². The number of aromatic nitrogens is 2. The number of aliphatic carboxylic acids is 1. The smallest absolute Gasteiger partial charge is 0.322 e. The third-order valence-electron chi connectivity index (χ3n) is 4.74. The zero-order valence-electron chi connectivity index (χ0n) is 14.4. The number of aryl methyl sites for hydroxylation is 2. The monoisotopic (exact) mass is 328 g/mol. The Kier molecular flexibility index (Phi) is 4.69. The van der Waals surface area contributed by atoms with Crippen molar-refractivity contribution in [3.8, 4) is 5.69 Å². The van der Waals surface area contributed by atoms with Gasteiger partial charge in [-0.1, -0.05) is 6.07 Å². The molecule has 24 heavy (non-hydrogen) atoms. The molecule has 6 heteroatoms. The van der Waals surface area contributed by atoms with Crippen molar-refractivity contribution >= 4 is 5.97 Å². The molecule has 0 bridgehead atoms. The lowest BCUT2D eigenvalue weighted by Gasteiger charge is -2.37. The molecule has 0 saturated carbocycles. The number of hydrogen-bond acceptors (Lipinski definition) is 4. The van der Waals surface area contributed by atoms with Crippen LogP contribution in [0.3, 0.4) is 0 Å². The molecule has 1 aliphatic rings. The zero-order chi connectivity index (χ0) is 17.3. The molecule has 1 aromatic heterocycles. The molecule has 0 spiro atoms. The summed E-state index contributed by atoms with van der Waals surface area (Å²) in [6, 6.07) is 5.78. The van der Waals surface area contributed by atoms with Gasteiger partial charge in [0.2, 0.25) is 0 Å². The van der Waals surface area contributed by atoms with Gasteiger partial charge in [0, 0.05) is 38.6 Å². The van der Waals surface area contributed by atoms with Gasteiger partial charge < -0.3 is 5.11 Å². The molecule has 1 aliphatic heterocycles. The SMILES string of the molecule is Cc1cc(C)c(CN2CCN(C)[C@@H](C(=O)O)C2)c(-n2cccn2)c1. The minimum absolute atomic E-state index is 0.447. The van der Waals surface area contributed by atoms with Gasteiger partial charge in [-0.3, -0.25) is 14.6 Å². The van der Waals surface area contributed by atoms with Crippen molar-refractivity contribution in [2.45, 2.75) is 26.4 Å². The minimum Gasteiger partial charge on any atom is -0.480 e. The van der Waals surface area contributed by atoms with E-state index < -0.39 is 12.0 Å². The Balaban J connectivity index is 1.89. The number of benzene rings is 1. The number of likely N-dealkylation sites (N-methyl/N-ethyl adjacent to an activating group) is 1. The number of carboxylic acids is 1. The van der Waals surface area contributed by atoms with Crippen LogP contribution in [-0.2, 0) is 11.3 Å². The van der Waals surface area contributed by atoms with Crippen LogP contribution in [0.15, 0.2) is 30.6 Å². The van der Waals surface area contributed by atoms with Gasteiger partial charge in [0.05, 0.1) is 5.69 Å². The number of piperazine rings is 1. The predicted molar refractivity (Wildman–Crippen MR) is 92.4 cm³/mol. The van der Waals surface area contributed by atoms with E-state index in [0.717, 1.165) is 25.3 Å². The van der Waals surface area contributed by atoms with Gasteiger partial charge >= 0.3 is 5.97 Å². The van der Waals surface area contributed by atoms with E-state index in [4.69, 9.17) is 0 Å². The maximum absolute atomic E-state index is 11.4. The molecule has 0 radical (unpaired) electrons. The summed E-state index contributed by atoms with van der Waals surface area (Å²) >= 11 is 0. The van der Waals surface area contributed by atoms with Crippen LogP contribution in [0.1, 0.15) is 16.7 Å². The Morgan fingerprint density at radius 2 is 2.12 bits per heavy atom. The second-order valence-corrected chi connectivity index (χ2v) is 6.60. The third-order valence-corrected chi connectivity index (χ3v) is 4.74. The summed E-state index contributed by atoms with van der Waals surface area (Å²) in [5, 5.41) is 13.8. The predicted octanol–water partition coefficient (Wildman–Crippen LogP) is 1.69. The maximum Gasteiger partial charge on any atom is 0.322 e. The molecule has 3 rings (SSSR count). The average Bonchev–Trinajstić information content (AvgIpc) is 3.05. The zero-order valence-corrected chi connectivity index (χ0v) is 14.4. The number of carbonyl (C=O) groups is 1. The van der Waals surface area contributed by atoms with Crippen LogP contribution in [0.4, 0.5) is 0 Å². The maximum atomic E-state index is 11.4. The molecule has 1 N–H and O–H groups in total. The van der Waals surface area contributed by atoms with Crippen LogP contribution < -0.4 is 0 Å². The van der Waals surface area contributed by atoms with Gasteiger partial charge in [-0.25, -0.2) is 4.68 Å². The van der Waals surface area contributed by atoms with Crippen molar-refractivity contribution < 1.29 is 9.90 Å². The van der Waals surface area contributed by atoms with Gasteiger partial charge in [-0.05, 0) is 49.7 Å². The third kappa shape index (κ3) is 3.34. The molecular weight excluding hydrogens is 304 g/mol. The Labute approximate surface area is 142 Å². The largest absolute Gasteiger partial charge is 0.480 e. The highest BCUT2D eigenvalue weighted by molar-refractivity contribution is 5.73. The first-order chi connectivity index (χ1) is 11.5. The highest BCUT2D eigenvalue weighted by Gasteiger charge is 2.30. The summed E-state index contributed by atoms with van der Waals surface area (Å²) in [4.78, 5) is 15.6. The summed E-state index contributed by atoms with van der Waals surface area (Å²) < 4.78 is 1.89. The lowest BCUT2D eigenvalue weighted by Crippen LogP contribution is -2.54. The van der Waals surface area contributed by atoms with Crippen LogP contribution in [0.2, 0.25) is 0 Å². The molecule has 1 aromatic carbocycles. The fourth-order valence-electron chi connectivity index (χ4n) is 3.36. The van der Waals surface area contributed by atoms with Crippen LogP contribution in [-0.4, -0.2) is 63.4 Å². The lowest BCUT2D eigenvalue weighted by atomic mass is 10.0. The normalized spacial score (nSPS) is 19.5. The highest BCUT2D eigenvalue weighted by atomic mass is 16.4. The van der Waals surface area contributed by atoms with E-state index in [-0.39, 0.29) is 0 Å². The first kappa shape index (κ1) is 16.7. The molecule has 0 unspecified atom stereocenters. The van der Waals surface area contributed by atoms with E-state index >= 15 is 0 Å². The fraction of sp³-hybridized carbons (Fsp3) is 0.444. The average molecular weight is 328 g/mol. The second-order valence-electron chi connectivity index (χ2n) is 6.60. The topological polar surface area (TPSA) is 61.6 Å². The molecule has 128 valence electrons. The summed E-state index contributed by atoms with van der Waals surface area (Å²) in [6.07, 6.45) is 3.72. The van der Waals surface area contributed by atoms with Gasteiger partial charge in [-0.15, -0.1) is 0 Å². The van der Waals surface area contributed by atoms with Crippen LogP contribution in [0.25, 0.3) is 5.69 Å². The van der Waals surface area contributed by atoms with E-state index in [1.165, 1.54) is 16.7 Å². The molecule has 1 fully saturated rings. The molecule has 0 amide bonds. The summed E-state index contributed by atoms with van der Waals surface area (Å²) in [7, 11) is 1.88. The molecular formula is C18H24N4O2. The standard InChI is InChI=1S/C18H24N4O2/c1-13-9-14(2)15(16(10-13)22-6-4-5-19-22)11-21-8-7-20(3)17(12-21)18(23)24/h4-6,9-10,17H,7-8,11-12H2,1-3H3,(H,23,24)/t17-/m1/s1. The Bertz CT molecular complexity index is 727. The molecule has 1 atom stereocenters. The Morgan fingerprint density at radius 1 is 1.33 bits per heavy atom. The highest BCUT2D eigenvalue weighted by Crippen LogP contribution is 2.23. The number of carboxylic acid groups (broad SMARTS) is 1. The summed E-state index contributed by atoms with van der Waals surface area (Å²) in [6.45, 7) is 7.10. The van der Waals surface area contributed by atoms with Crippen molar-refractivity contribution in [3.05, 3.63) is 47.3 Å². The Hall–Kier alpha value is -2.18. The van der Waals surface area contributed by atoms with Crippen molar-refractivity contribution in [2.75, 3.05) is 26.7 Å². The van der Waals surface area contributed by atoms with Gasteiger partial charge in [0.15, 0.2) is 0 Å². The minimum atomic E-state index is -0.755. The van der Waals surface area contributed by atoms with Gasteiger partial charge in [0.25, 0.3) is 0 Å². The summed E-state index contributed by atoms with van der Waals surface area (Å²) in [5.74, 6) is -0.755. The molecule has 0 aliphatic carbocycles. The van der Waals surface area contributed by atoms with Gasteiger partial charge in [0.1, 0.15) is 6.04 Å². The first-order valence-corrected chi connectivity index (χ1v) is 8.21. The van der Waals surface area contributed by atoms with Crippen LogP contribution in [0, 0.1) is 13.8 Å². The van der Waals surface area contributed by atoms with E-state index in [9.17, 15) is 9.90 Å². The summed E-state index contributed by atoms with van der Waals surface area (Å²) in [5.41, 5.74) is 4.69. The van der Waals surface area contributed by atoms with E-state index in [1.54, 1.807) is 6.20 Å². The molecule has 6 nitrogen and oxygen atoms in total. The van der Waals surface area contributed by atoms with E-state index in [0.29, 0.717) is 6.54 Å². The van der Waals surface area contributed by atoms with Crippen molar-refractivity contribution in [1.82, 2.24) is 19.6 Å². The van der Waals surface area contributed by atoms with Crippen molar-refractivity contribution in [3.63, 3.8) is 0 Å². The molecule has 2 heterocycles. The molecule has 2 aromatic rings. The second kappa shape index (κ2) is 6.75. The van der Waals surface area contributed by atoms with Crippen molar-refractivity contribution in [1.29, 1.82) is 0 Å². The van der Waals surface area contributed by atoms with E-state index in [2.05, 4.69) is 36.0 Å². The van der Waals surface area contributed by atoms with Crippen molar-refractivity contribution in [2.24, 2.45) is 0 Å². The number of nitrogens with zero attached hydrogens (tertiary/aromatic N) is 4. The number of rotatable bonds is 4. The molecule has 1 saturated heterocycles. The first-order valence-electron chi connectivity index (χ1n) is 8.21. The Morgan fingerprint density at radius 3 is 2.79 bits per heavy atom. The lowest BCUT2D eigenvalue weighted by molar-refractivity contribution is -0.145. The van der Waals surface area contributed by atoms with E-state index in [1.807, 2.05) is 28.9 Å². The van der Waals surface area contributed by atoms with Crippen LogP contribution >= 0.6 is 0 Å². The number of hydrogen-bond donors (Lipinski definition) is 1. The van der Waals surface area contributed by atoms with Gasteiger partial charge in [-0.2, -0.15) is 5.10 Å².